The Morgan fingerprint density at radius 3 is 2.11 bits per heavy atom. The molecule has 196 valence electrons. The van der Waals surface area contributed by atoms with Gasteiger partial charge >= 0.3 is 12.2 Å². The van der Waals surface area contributed by atoms with Gasteiger partial charge in [-0.3, -0.25) is 4.57 Å². The number of nitriles is 1. The smallest absolute Gasteiger partial charge is 0.419 e. The average Bonchev–Trinajstić information content (AvgIpc) is 3.24. The van der Waals surface area contributed by atoms with Crippen LogP contribution in [0, 0.1) is 24.2 Å². The molecule has 2 unspecified atom stereocenters. The minimum absolute atomic E-state index is 0.109. The standard InChI is InChI=1S/C27H39N5O4/c1-19-12-13-22(29-15-19)31-16-21(30-18-31)27(9,17-28)20(2)11-10-14-32(23(33)35-25(3,4)5)24(34)36-26(6,7)8/h12-13,15-16,18,20H,10-11,14H2,1-9H3. The third-order valence-electron chi connectivity index (χ3n) is 5.74. The molecule has 0 aliphatic heterocycles. The summed E-state index contributed by atoms with van der Waals surface area (Å²) in [6, 6.07) is 6.29. The number of aromatic nitrogens is 3. The third kappa shape index (κ3) is 7.80. The van der Waals surface area contributed by atoms with Crippen LogP contribution in [0.1, 0.15) is 79.5 Å². The summed E-state index contributed by atoms with van der Waals surface area (Å²) < 4.78 is 12.6. The number of imide groups is 1. The van der Waals surface area contributed by atoms with Crippen molar-refractivity contribution in [3.63, 3.8) is 0 Å². The van der Waals surface area contributed by atoms with Crippen molar-refractivity contribution in [1.82, 2.24) is 19.4 Å². The first-order chi connectivity index (χ1) is 16.6. The van der Waals surface area contributed by atoms with Crippen LogP contribution in [0.25, 0.3) is 5.82 Å². The quantitative estimate of drug-likeness (QED) is 0.465. The number of amides is 2. The lowest BCUT2D eigenvalue weighted by Crippen LogP contribution is -2.44. The van der Waals surface area contributed by atoms with Gasteiger partial charge in [-0.25, -0.2) is 24.5 Å². The van der Waals surface area contributed by atoms with Crippen molar-refractivity contribution in [3.05, 3.63) is 42.1 Å². The molecule has 2 atom stereocenters. The van der Waals surface area contributed by atoms with E-state index in [9.17, 15) is 14.9 Å². The van der Waals surface area contributed by atoms with Crippen molar-refractivity contribution in [2.45, 2.75) is 91.8 Å². The van der Waals surface area contributed by atoms with Crippen LogP contribution in [-0.4, -0.2) is 49.4 Å². The Morgan fingerprint density at radius 1 is 1.06 bits per heavy atom. The molecule has 0 spiro atoms. The largest absolute Gasteiger partial charge is 0.443 e. The molecule has 0 aliphatic carbocycles. The van der Waals surface area contributed by atoms with Gasteiger partial charge in [-0.15, -0.1) is 0 Å². The highest BCUT2D eigenvalue weighted by molar-refractivity contribution is 5.88. The van der Waals surface area contributed by atoms with Crippen LogP contribution < -0.4 is 0 Å². The van der Waals surface area contributed by atoms with Crippen LogP contribution in [0.5, 0.6) is 0 Å². The van der Waals surface area contributed by atoms with Gasteiger partial charge in [0.2, 0.25) is 0 Å². The molecule has 9 nitrogen and oxygen atoms in total. The van der Waals surface area contributed by atoms with Gasteiger partial charge in [0.25, 0.3) is 0 Å². The lowest BCUT2D eigenvalue weighted by atomic mass is 9.75. The molecule has 0 radical (unpaired) electrons. The van der Waals surface area contributed by atoms with Crippen molar-refractivity contribution < 1.29 is 19.1 Å². The summed E-state index contributed by atoms with van der Waals surface area (Å²) in [6.07, 6.45) is 4.79. The number of hydrogen-bond acceptors (Lipinski definition) is 7. The minimum Gasteiger partial charge on any atom is -0.443 e. The van der Waals surface area contributed by atoms with Crippen LogP contribution in [0.4, 0.5) is 9.59 Å². The first kappa shape index (κ1) is 28.8. The average molecular weight is 498 g/mol. The summed E-state index contributed by atoms with van der Waals surface area (Å²) in [5.41, 5.74) is -0.694. The second-order valence-corrected chi connectivity index (χ2v) is 11.3. The summed E-state index contributed by atoms with van der Waals surface area (Å²) in [6.45, 7) is 16.3. The molecule has 9 heteroatoms. The maximum Gasteiger partial charge on any atom is 0.419 e. The number of carbonyl (C=O) groups is 2. The van der Waals surface area contributed by atoms with Crippen molar-refractivity contribution in [1.29, 1.82) is 5.26 Å². The van der Waals surface area contributed by atoms with Crippen molar-refractivity contribution >= 4 is 12.2 Å². The summed E-state index contributed by atoms with van der Waals surface area (Å²) in [5, 5.41) is 10.1. The number of pyridine rings is 1. The zero-order valence-corrected chi connectivity index (χ0v) is 23.0. The van der Waals surface area contributed by atoms with Crippen LogP contribution in [0.15, 0.2) is 30.9 Å². The van der Waals surface area contributed by atoms with E-state index in [0.29, 0.717) is 18.5 Å². The van der Waals surface area contributed by atoms with E-state index in [1.54, 1.807) is 58.6 Å². The van der Waals surface area contributed by atoms with Crippen LogP contribution in [0.3, 0.4) is 0 Å². The Kier molecular flexibility index (Phi) is 8.89. The van der Waals surface area contributed by atoms with Crippen molar-refractivity contribution in [3.8, 4) is 11.9 Å². The molecular formula is C27H39N5O4. The van der Waals surface area contributed by atoms with E-state index in [-0.39, 0.29) is 12.5 Å². The maximum absolute atomic E-state index is 12.7. The highest BCUT2D eigenvalue weighted by Gasteiger charge is 2.36. The molecule has 36 heavy (non-hydrogen) atoms. The molecule has 2 amide bonds. The van der Waals surface area contributed by atoms with E-state index >= 15 is 0 Å². The predicted molar refractivity (Wildman–Crippen MR) is 137 cm³/mol. The van der Waals surface area contributed by atoms with E-state index < -0.39 is 28.8 Å². The zero-order valence-electron chi connectivity index (χ0n) is 23.0. The Hall–Kier alpha value is -3.41. The Balaban J connectivity index is 2.13. The summed E-state index contributed by atoms with van der Waals surface area (Å²) >= 11 is 0. The lowest BCUT2D eigenvalue weighted by molar-refractivity contribution is 0.000947. The summed E-state index contributed by atoms with van der Waals surface area (Å²) in [7, 11) is 0. The van der Waals surface area contributed by atoms with E-state index in [1.165, 1.54) is 0 Å². The molecule has 2 aromatic rings. The molecule has 0 aliphatic rings. The van der Waals surface area contributed by atoms with E-state index in [2.05, 4.69) is 16.0 Å². The highest BCUT2D eigenvalue weighted by Crippen LogP contribution is 2.34. The number of rotatable bonds is 7. The fourth-order valence-corrected chi connectivity index (χ4v) is 3.48. The van der Waals surface area contributed by atoms with E-state index in [1.807, 2.05) is 39.1 Å². The van der Waals surface area contributed by atoms with Crippen molar-refractivity contribution in [2.75, 3.05) is 6.54 Å². The van der Waals surface area contributed by atoms with Gasteiger partial charge in [0.15, 0.2) is 0 Å². The fourth-order valence-electron chi connectivity index (χ4n) is 3.48. The number of hydrogen-bond donors (Lipinski definition) is 0. The second kappa shape index (κ2) is 11.1. The Bertz CT molecular complexity index is 1060. The first-order valence-corrected chi connectivity index (χ1v) is 12.2. The van der Waals surface area contributed by atoms with Crippen LogP contribution in [-0.2, 0) is 14.9 Å². The van der Waals surface area contributed by atoms with Gasteiger partial charge in [0.1, 0.15) is 28.8 Å². The maximum atomic E-state index is 12.7. The molecule has 0 aromatic carbocycles. The molecule has 2 rings (SSSR count). The molecule has 0 bridgehead atoms. The van der Waals surface area contributed by atoms with Gasteiger partial charge < -0.3 is 9.47 Å². The molecule has 2 aromatic heterocycles. The lowest BCUT2D eigenvalue weighted by Gasteiger charge is -2.30. The number of carbonyl (C=O) groups excluding carboxylic acids is 2. The van der Waals surface area contributed by atoms with Gasteiger partial charge in [-0.2, -0.15) is 5.26 Å². The highest BCUT2D eigenvalue weighted by atomic mass is 16.6. The van der Waals surface area contributed by atoms with Gasteiger partial charge in [0.05, 0.1) is 11.8 Å². The minimum atomic E-state index is -0.876. The fraction of sp³-hybridized carbons (Fsp3) is 0.593. The zero-order chi connectivity index (χ0) is 27.3. The van der Waals surface area contributed by atoms with E-state index in [0.717, 1.165) is 16.3 Å². The molecule has 0 saturated carbocycles. The Morgan fingerprint density at radius 2 is 1.64 bits per heavy atom. The molecular weight excluding hydrogens is 458 g/mol. The number of imidazole rings is 1. The van der Waals surface area contributed by atoms with Gasteiger partial charge in [-0.1, -0.05) is 13.0 Å². The molecule has 0 saturated heterocycles. The summed E-state index contributed by atoms with van der Waals surface area (Å²) in [4.78, 5) is 35.4. The van der Waals surface area contributed by atoms with Gasteiger partial charge in [-0.05, 0) is 85.8 Å². The molecule has 0 fully saturated rings. The normalized spacial score (nSPS) is 14.3. The van der Waals surface area contributed by atoms with E-state index in [4.69, 9.17) is 9.47 Å². The molecule has 2 heterocycles. The second-order valence-electron chi connectivity index (χ2n) is 11.3. The topological polar surface area (TPSA) is 110 Å². The first-order valence-electron chi connectivity index (χ1n) is 12.2. The number of ether oxygens (including phenoxy) is 2. The monoisotopic (exact) mass is 497 g/mol. The number of nitrogens with zero attached hydrogens (tertiary/aromatic N) is 5. The SMILES string of the molecule is Cc1ccc(-n2cnc(C(C)(C#N)C(C)CCCN(C(=O)OC(C)(C)C)C(=O)OC(C)(C)C)c2)nc1. The summed E-state index contributed by atoms with van der Waals surface area (Å²) in [5.74, 6) is 0.605. The predicted octanol–water partition coefficient (Wildman–Crippen LogP) is 5.95. The van der Waals surface area contributed by atoms with Crippen molar-refractivity contribution in [2.24, 2.45) is 5.92 Å². The van der Waals surface area contributed by atoms with Gasteiger partial charge in [0, 0.05) is 18.9 Å². The number of aryl methyl sites for hydroxylation is 1. The van der Waals surface area contributed by atoms with Crippen LogP contribution in [0.2, 0.25) is 0 Å². The van der Waals surface area contributed by atoms with Crippen LogP contribution >= 0.6 is 0 Å². The third-order valence-corrected chi connectivity index (χ3v) is 5.74. The molecule has 0 N–H and O–H groups in total. The Labute approximate surface area is 214 Å².